The fraction of sp³-hybridized carbons (Fsp3) is 0.462. The molecule has 2 amide bonds. The zero-order valence-electron chi connectivity index (χ0n) is 21.0. The molecular formula is C26H37N3O4S. The van der Waals surface area contributed by atoms with Crippen LogP contribution in [0.25, 0.3) is 0 Å². The van der Waals surface area contributed by atoms with Crippen LogP contribution >= 0.6 is 0 Å². The summed E-state index contributed by atoms with van der Waals surface area (Å²) in [6.45, 7) is 10.0. The molecule has 0 fully saturated rings. The number of rotatable bonds is 11. The van der Waals surface area contributed by atoms with Crippen molar-refractivity contribution in [2.45, 2.75) is 53.6 Å². The topological polar surface area (TPSA) is 86.8 Å². The van der Waals surface area contributed by atoms with Crippen LogP contribution in [0.2, 0.25) is 0 Å². The van der Waals surface area contributed by atoms with E-state index in [1.54, 1.807) is 18.2 Å². The summed E-state index contributed by atoms with van der Waals surface area (Å²) in [6, 6.07) is 14.0. The van der Waals surface area contributed by atoms with Gasteiger partial charge >= 0.3 is 0 Å². The molecule has 0 aliphatic rings. The molecule has 0 aromatic heterocycles. The zero-order chi connectivity index (χ0) is 25.5. The van der Waals surface area contributed by atoms with Crippen LogP contribution in [0.1, 0.15) is 43.9 Å². The number of carbonyl (C=O) groups excluding carboxylic acids is 2. The summed E-state index contributed by atoms with van der Waals surface area (Å²) in [5.41, 5.74) is 3.23. The molecule has 0 aliphatic heterocycles. The van der Waals surface area contributed by atoms with Crippen LogP contribution < -0.4 is 9.62 Å². The molecule has 0 heterocycles. The fourth-order valence-electron chi connectivity index (χ4n) is 3.75. The Kier molecular flexibility index (Phi) is 9.67. The monoisotopic (exact) mass is 487 g/mol. The van der Waals surface area contributed by atoms with Crippen LogP contribution in [0.4, 0.5) is 5.69 Å². The van der Waals surface area contributed by atoms with Gasteiger partial charge in [0.1, 0.15) is 12.6 Å². The SMILES string of the molecule is CC[C@H](C(=O)NCC(C)C)N(Cc1cccc(C)c1)C(=O)CN(c1cccc(C)c1)S(C)(=O)=O. The van der Waals surface area contributed by atoms with Crippen LogP contribution in [0, 0.1) is 19.8 Å². The Morgan fingerprint density at radius 1 is 1.00 bits per heavy atom. The third-order valence-electron chi connectivity index (χ3n) is 5.47. The number of hydrogen-bond donors (Lipinski definition) is 1. The predicted octanol–water partition coefficient (Wildman–Crippen LogP) is 3.65. The van der Waals surface area contributed by atoms with E-state index in [1.807, 2.05) is 65.0 Å². The first-order valence-corrected chi connectivity index (χ1v) is 13.4. The Labute approximate surface area is 204 Å². The highest BCUT2D eigenvalue weighted by Gasteiger charge is 2.31. The molecule has 0 spiro atoms. The number of anilines is 1. The van der Waals surface area contributed by atoms with Gasteiger partial charge in [0.05, 0.1) is 11.9 Å². The van der Waals surface area contributed by atoms with Crippen LogP contribution in [-0.2, 0) is 26.2 Å². The molecule has 0 saturated heterocycles. The van der Waals surface area contributed by atoms with E-state index >= 15 is 0 Å². The summed E-state index contributed by atoms with van der Waals surface area (Å²) >= 11 is 0. The number of nitrogens with one attached hydrogen (secondary N) is 1. The van der Waals surface area contributed by atoms with Crippen molar-refractivity contribution in [1.82, 2.24) is 10.2 Å². The van der Waals surface area contributed by atoms with Crippen LogP contribution in [-0.4, -0.2) is 50.5 Å². The summed E-state index contributed by atoms with van der Waals surface area (Å²) < 4.78 is 26.4. The minimum atomic E-state index is -3.73. The van der Waals surface area contributed by atoms with Crippen molar-refractivity contribution in [2.24, 2.45) is 5.92 Å². The Hall–Kier alpha value is -2.87. The van der Waals surface area contributed by atoms with Gasteiger partial charge in [-0.15, -0.1) is 0 Å². The molecule has 0 bridgehead atoms. The first kappa shape index (κ1) is 27.4. The molecule has 2 aromatic rings. The van der Waals surface area contributed by atoms with Crippen molar-refractivity contribution in [1.29, 1.82) is 0 Å². The molecule has 34 heavy (non-hydrogen) atoms. The smallest absolute Gasteiger partial charge is 0.244 e. The molecule has 1 atom stereocenters. The van der Waals surface area contributed by atoms with E-state index in [0.29, 0.717) is 18.7 Å². The van der Waals surface area contributed by atoms with E-state index in [1.165, 1.54) is 4.90 Å². The Morgan fingerprint density at radius 2 is 1.62 bits per heavy atom. The van der Waals surface area contributed by atoms with E-state index in [4.69, 9.17) is 0 Å². The van der Waals surface area contributed by atoms with Gasteiger partial charge in [0.15, 0.2) is 0 Å². The summed E-state index contributed by atoms with van der Waals surface area (Å²) in [4.78, 5) is 28.2. The number of carbonyl (C=O) groups is 2. The third kappa shape index (κ3) is 7.87. The first-order valence-electron chi connectivity index (χ1n) is 11.6. The fourth-order valence-corrected chi connectivity index (χ4v) is 4.59. The first-order chi connectivity index (χ1) is 15.9. The van der Waals surface area contributed by atoms with Crippen molar-refractivity contribution in [3.63, 3.8) is 0 Å². The summed E-state index contributed by atoms with van der Waals surface area (Å²) in [5.74, 6) is -0.400. The Bertz CT molecular complexity index is 1100. The highest BCUT2D eigenvalue weighted by molar-refractivity contribution is 7.92. The minimum absolute atomic E-state index is 0.208. The van der Waals surface area contributed by atoms with Gasteiger partial charge in [0.2, 0.25) is 21.8 Å². The lowest BCUT2D eigenvalue weighted by Crippen LogP contribution is -2.52. The Balaban J connectivity index is 2.42. The molecule has 186 valence electrons. The van der Waals surface area contributed by atoms with Crippen molar-refractivity contribution in [3.8, 4) is 0 Å². The second-order valence-electron chi connectivity index (χ2n) is 9.18. The molecule has 7 nitrogen and oxygen atoms in total. The van der Waals surface area contributed by atoms with Crippen molar-refractivity contribution < 1.29 is 18.0 Å². The largest absolute Gasteiger partial charge is 0.354 e. The molecular weight excluding hydrogens is 450 g/mol. The normalized spacial score (nSPS) is 12.3. The predicted molar refractivity (Wildman–Crippen MR) is 137 cm³/mol. The standard InChI is InChI=1S/C26H37N3O4S/c1-7-24(26(31)27-16-19(2)3)28(17-22-12-8-10-20(4)14-22)25(30)18-29(34(6,32)33)23-13-9-11-21(5)15-23/h8-15,19,24H,7,16-18H2,1-6H3,(H,27,31)/t24-/m1/s1. The number of nitrogens with zero attached hydrogens (tertiary/aromatic N) is 2. The van der Waals surface area contributed by atoms with Gasteiger partial charge in [0.25, 0.3) is 0 Å². The zero-order valence-corrected chi connectivity index (χ0v) is 21.9. The van der Waals surface area contributed by atoms with Gasteiger partial charge < -0.3 is 10.2 Å². The van der Waals surface area contributed by atoms with Gasteiger partial charge in [-0.3, -0.25) is 13.9 Å². The molecule has 2 aromatic carbocycles. The summed E-state index contributed by atoms with van der Waals surface area (Å²) in [7, 11) is -3.73. The van der Waals surface area contributed by atoms with Crippen molar-refractivity contribution in [2.75, 3.05) is 23.7 Å². The van der Waals surface area contributed by atoms with Crippen LogP contribution in [0.15, 0.2) is 48.5 Å². The Morgan fingerprint density at radius 3 is 2.15 bits per heavy atom. The maximum atomic E-state index is 13.6. The lowest BCUT2D eigenvalue weighted by atomic mass is 10.1. The van der Waals surface area contributed by atoms with E-state index < -0.39 is 22.0 Å². The van der Waals surface area contributed by atoms with Gasteiger partial charge in [-0.25, -0.2) is 8.42 Å². The lowest BCUT2D eigenvalue weighted by molar-refractivity contribution is -0.140. The number of amides is 2. The molecule has 1 N–H and O–H groups in total. The second-order valence-corrected chi connectivity index (χ2v) is 11.1. The maximum Gasteiger partial charge on any atom is 0.244 e. The molecule has 8 heteroatoms. The van der Waals surface area contributed by atoms with Gasteiger partial charge in [0, 0.05) is 13.1 Å². The quantitative estimate of drug-likeness (QED) is 0.524. The maximum absolute atomic E-state index is 13.6. The van der Waals surface area contributed by atoms with E-state index in [0.717, 1.165) is 27.3 Å². The third-order valence-corrected chi connectivity index (χ3v) is 6.62. The second kappa shape index (κ2) is 12.0. The van der Waals surface area contributed by atoms with Crippen molar-refractivity contribution >= 4 is 27.5 Å². The average Bonchev–Trinajstić information content (AvgIpc) is 2.75. The highest BCUT2D eigenvalue weighted by Crippen LogP contribution is 2.21. The number of benzene rings is 2. The minimum Gasteiger partial charge on any atom is -0.354 e. The van der Waals surface area contributed by atoms with Crippen molar-refractivity contribution in [3.05, 3.63) is 65.2 Å². The van der Waals surface area contributed by atoms with Crippen LogP contribution in [0.5, 0.6) is 0 Å². The number of aryl methyl sites for hydroxylation is 2. The molecule has 0 unspecified atom stereocenters. The lowest BCUT2D eigenvalue weighted by Gasteiger charge is -2.33. The van der Waals surface area contributed by atoms with Gasteiger partial charge in [-0.2, -0.15) is 0 Å². The van der Waals surface area contributed by atoms with E-state index in [9.17, 15) is 18.0 Å². The van der Waals surface area contributed by atoms with Gasteiger partial charge in [-0.1, -0.05) is 62.7 Å². The molecule has 0 aliphatic carbocycles. The van der Waals surface area contributed by atoms with E-state index in [2.05, 4.69) is 5.32 Å². The van der Waals surface area contributed by atoms with Crippen LogP contribution in [0.3, 0.4) is 0 Å². The number of hydrogen-bond acceptors (Lipinski definition) is 4. The molecule has 0 saturated carbocycles. The average molecular weight is 488 g/mol. The highest BCUT2D eigenvalue weighted by atomic mass is 32.2. The summed E-state index contributed by atoms with van der Waals surface area (Å²) in [6.07, 6.45) is 1.49. The van der Waals surface area contributed by atoms with E-state index in [-0.39, 0.29) is 24.9 Å². The molecule has 2 rings (SSSR count). The summed E-state index contributed by atoms with van der Waals surface area (Å²) in [5, 5.41) is 2.92. The number of sulfonamides is 1. The van der Waals surface area contributed by atoms with Gasteiger partial charge in [-0.05, 0) is 49.4 Å². The molecule has 0 radical (unpaired) electrons.